The highest BCUT2D eigenvalue weighted by Gasteiger charge is 2.43. The van der Waals surface area contributed by atoms with Gasteiger partial charge in [-0.2, -0.15) is 0 Å². The lowest BCUT2D eigenvalue weighted by atomic mass is 10.1. The van der Waals surface area contributed by atoms with Crippen molar-refractivity contribution in [2.75, 3.05) is 18.1 Å². The predicted molar refractivity (Wildman–Crippen MR) is 86.6 cm³/mol. The van der Waals surface area contributed by atoms with Gasteiger partial charge in [-0.1, -0.05) is 0 Å². The Morgan fingerprint density at radius 1 is 1.35 bits per heavy atom. The normalized spacial score (nSPS) is 18.4. The molecule has 2 aromatic heterocycles. The zero-order valence-corrected chi connectivity index (χ0v) is 13.8. The van der Waals surface area contributed by atoms with Crippen molar-refractivity contribution in [1.29, 1.82) is 0 Å². The molecule has 0 aliphatic carbocycles. The van der Waals surface area contributed by atoms with Gasteiger partial charge >= 0.3 is 11.9 Å². The van der Waals surface area contributed by atoms with Crippen molar-refractivity contribution < 1.29 is 29.0 Å². The maximum Gasteiger partial charge on any atom is 0.348 e. The van der Waals surface area contributed by atoms with Gasteiger partial charge in [-0.15, -0.1) is 5.10 Å². The first-order valence-corrected chi connectivity index (χ1v) is 7.76. The number of aromatic nitrogens is 3. The first-order chi connectivity index (χ1) is 12.5. The predicted octanol–water partition coefficient (Wildman–Crippen LogP) is 0.0154. The summed E-state index contributed by atoms with van der Waals surface area (Å²) in [4.78, 5) is 40.4. The zero-order chi connectivity index (χ0) is 18.7. The molecule has 0 bridgehead atoms. The number of esters is 1. The molecule has 136 valence electrons. The van der Waals surface area contributed by atoms with Gasteiger partial charge in [0.1, 0.15) is 0 Å². The molecule has 10 heteroatoms. The van der Waals surface area contributed by atoms with Gasteiger partial charge in [0.2, 0.25) is 6.10 Å². The summed E-state index contributed by atoms with van der Waals surface area (Å²) in [6.07, 6.45) is 1.75. The fourth-order valence-electron chi connectivity index (χ4n) is 2.57. The van der Waals surface area contributed by atoms with Crippen LogP contribution < -0.4 is 4.90 Å². The standard InChI is InChI=1S/C16H16N4O6/c1-10(21)26-14(16(23)24)13-15(22)19(8-9-25-13)12-4-7-20(18-12)11-2-5-17-6-3-11/h2-7,13-14H,8-9H2,1H3,(H,23,24)/t13?,14-/m1/s1. The fraction of sp³-hybridized carbons (Fsp3) is 0.312. The van der Waals surface area contributed by atoms with E-state index in [2.05, 4.69) is 10.1 Å². The maximum atomic E-state index is 12.7. The van der Waals surface area contributed by atoms with Crippen molar-refractivity contribution in [2.24, 2.45) is 0 Å². The molecule has 2 aromatic rings. The second-order valence-electron chi connectivity index (χ2n) is 5.47. The molecule has 0 aromatic carbocycles. The molecule has 0 radical (unpaired) electrons. The molecule has 1 aliphatic heterocycles. The van der Waals surface area contributed by atoms with Gasteiger partial charge in [-0.3, -0.25) is 19.5 Å². The van der Waals surface area contributed by atoms with Crippen LogP contribution in [0.2, 0.25) is 0 Å². The summed E-state index contributed by atoms with van der Waals surface area (Å²) in [5.41, 5.74) is 0.756. The first kappa shape index (κ1) is 17.5. The second-order valence-corrected chi connectivity index (χ2v) is 5.47. The summed E-state index contributed by atoms with van der Waals surface area (Å²) in [7, 11) is 0. The number of anilines is 1. The van der Waals surface area contributed by atoms with E-state index in [9.17, 15) is 19.5 Å². The topological polar surface area (TPSA) is 124 Å². The van der Waals surface area contributed by atoms with Crippen LogP contribution in [0.3, 0.4) is 0 Å². The minimum absolute atomic E-state index is 0.0869. The van der Waals surface area contributed by atoms with Crippen LogP contribution in [-0.4, -0.2) is 63.1 Å². The number of morpholine rings is 1. The Kier molecular flexibility index (Phi) is 4.94. The van der Waals surface area contributed by atoms with Gasteiger partial charge in [0.05, 0.1) is 18.8 Å². The number of carboxylic acid groups (broad SMARTS) is 1. The van der Waals surface area contributed by atoms with Gasteiger partial charge in [0.25, 0.3) is 5.91 Å². The van der Waals surface area contributed by atoms with Crippen molar-refractivity contribution in [3.63, 3.8) is 0 Å². The highest BCUT2D eigenvalue weighted by molar-refractivity contribution is 5.99. The minimum atomic E-state index is -1.72. The van der Waals surface area contributed by atoms with E-state index in [1.807, 2.05) is 0 Å². The summed E-state index contributed by atoms with van der Waals surface area (Å²) in [5.74, 6) is -2.56. The smallest absolute Gasteiger partial charge is 0.348 e. The average Bonchev–Trinajstić information content (AvgIpc) is 3.10. The van der Waals surface area contributed by atoms with Gasteiger partial charge < -0.3 is 14.6 Å². The molecule has 1 saturated heterocycles. The van der Waals surface area contributed by atoms with E-state index in [0.29, 0.717) is 5.82 Å². The zero-order valence-electron chi connectivity index (χ0n) is 13.8. The highest BCUT2D eigenvalue weighted by atomic mass is 16.6. The summed E-state index contributed by atoms with van der Waals surface area (Å²) in [6, 6.07) is 5.13. The van der Waals surface area contributed by atoms with E-state index in [4.69, 9.17) is 9.47 Å². The molecule has 3 heterocycles. The minimum Gasteiger partial charge on any atom is -0.478 e. The van der Waals surface area contributed by atoms with Crippen LogP contribution in [0.25, 0.3) is 5.69 Å². The van der Waals surface area contributed by atoms with Crippen LogP contribution in [0.1, 0.15) is 6.92 Å². The van der Waals surface area contributed by atoms with Crippen LogP contribution in [0.15, 0.2) is 36.8 Å². The number of nitrogens with zero attached hydrogens (tertiary/aromatic N) is 4. The van der Waals surface area contributed by atoms with Gasteiger partial charge in [0, 0.05) is 31.6 Å². The molecule has 1 unspecified atom stereocenters. The van der Waals surface area contributed by atoms with E-state index in [1.165, 1.54) is 4.90 Å². The Balaban J connectivity index is 1.83. The number of rotatable bonds is 5. The van der Waals surface area contributed by atoms with Crippen LogP contribution in [0.4, 0.5) is 5.82 Å². The van der Waals surface area contributed by atoms with E-state index in [1.54, 1.807) is 41.5 Å². The SMILES string of the molecule is CC(=O)O[C@@H](C(=O)O)C1OCCN(c2ccn(-c3ccncc3)n2)C1=O. The second kappa shape index (κ2) is 7.31. The van der Waals surface area contributed by atoms with Gasteiger partial charge in [-0.25, -0.2) is 9.48 Å². The van der Waals surface area contributed by atoms with E-state index >= 15 is 0 Å². The quantitative estimate of drug-likeness (QED) is 0.740. The Hall–Kier alpha value is -3.27. The molecule has 26 heavy (non-hydrogen) atoms. The largest absolute Gasteiger partial charge is 0.478 e. The monoisotopic (exact) mass is 360 g/mol. The molecule has 2 atom stereocenters. The average molecular weight is 360 g/mol. The van der Waals surface area contributed by atoms with Gasteiger partial charge in [0.15, 0.2) is 11.9 Å². The summed E-state index contributed by atoms with van der Waals surface area (Å²) >= 11 is 0. The number of carboxylic acids is 1. The molecule has 1 fully saturated rings. The van der Waals surface area contributed by atoms with Crippen LogP contribution in [0, 0.1) is 0 Å². The number of aliphatic carboxylic acids is 1. The Morgan fingerprint density at radius 2 is 2.08 bits per heavy atom. The lowest BCUT2D eigenvalue weighted by Crippen LogP contribution is -2.55. The van der Waals surface area contributed by atoms with Crippen LogP contribution in [-0.2, 0) is 23.9 Å². The number of carbonyl (C=O) groups is 3. The third-order valence-electron chi connectivity index (χ3n) is 3.71. The van der Waals surface area contributed by atoms with E-state index in [-0.39, 0.29) is 13.2 Å². The molecule has 1 N–H and O–H groups in total. The number of carbonyl (C=O) groups excluding carboxylic acids is 2. The molecule has 10 nitrogen and oxygen atoms in total. The van der Waals surface area contributed by atoms with Gasteiger partial charge in [-0.05, 0) is 12.1 Å². The summed E-state index contributed by atoms with van der Waals surface area (Å²) in [6.45, 7) is 1.36. The molecule has 0 saturated carbocycles. The number of hydrogen-bond donors (Lipinski definition) is 1. The third kappa shape index (κ3) is 3.54. The van der Waals surface area contributed by atoms with E-state index in [0.717, 1.165) is 12.6 Å². The van der Waals surface area contributed by atoms with Crippen molar-refractivity contribution in [1.82, 2.24) is 14.8 Å². The molecule has 1 amide bonds. The molecule has 3 rings (SSSR count). The Morgan fingerprint density at radius 3 is 2.73 bits per heavy atom. The fourth-order valence-corrected chi connectivity index (χ4v) is 2.57. The van der Waals surface area contributed by atoms with Crippen molar-refractivity contribution in [3.8, 4) is 5.69 Å². The van der Waals surface area contributed by atoms with E-state index < -0.39 is 30.1 Å². The number of hydrogen-bond acceptors (Lipinski definition) is 7. The molecular formula is C16H16N4O6. The first-order valence-electron chi connectivity index (χ1n) is 7.76. The Bertz CT molecular complexity index is 821. The third-order valence-corrected chi connectivity index (χ3v) is 3.71. The number of amides is 1. The highest BCUT2D eigenvalue weighted by Crippen LogP contribution is 2.21. The molecular weight excluding hydrogens is 344 g/mol. The number of ether oxygens (including phenoxy) is 2. The van der Waals surface area contributed by atoms with Crippen molar-refractivity contribution in [2.45, 2.75) is 19.1 Å². The molecule has 0 spiro atoms. The number of pyridine rings is 1. The van der Waals surface area contributed by atoms with Crippen LogP contribution >= 0.6 is 0 Å². The summed E-state index contributed by atoms with van der Waals surface area (Å²) in [5, 5.41) is 13.6. The molecule has 1 aliphatic rings. The lowest BCUT2D eigenvalue weighted by molar-refractivity contribution is -0.177. The summed E-state index contributed by atoms with van der Waals surface area (Å²) < 4.78 is 11.6. The van der Waals surface area contributed by atoms with Crippen molar-refractivity contribution >= 4 is 23.7 Å². The maximum absolute atomic E-state index is 12.7. The van der Waals surface area contributed by atoms with Crippen LogP contribution in [0.5, 0.6) is 0 Å². The lowest BCUT2D eigenvalue weighted by Gasteiger charge is -2.33. The van der Waals surface area contributed by atoms with Crippen molar-refractivity contribution in [3.05, 3.63) is 36.8 Å². The Labute approximate surface area is 147 Å².